The zero-order valence-corrected chi connectivity index (χ0v) is 16.4. The molecule has 0 aliphatic carbocycles. The Morgan fingerprint density at radius 2 is 1.71 bits per heavy atom. The van der Waals surface area contributed by atoms with Crippen LogP contribution in [0, 0.1) is 0 Å². The molecule has 1 unspecified atom stereocenters. The summed E-state index contributed by atoms with van der Waals surface area (Å²) in [4.78, 5) is 22.1. The van der Waals surface area contributed by atoms with Gasteiger partial charge in [-0.25, -0.2) is 4.79 Å². The SMILES string of the molecule is C/C=C(C=O)\C=C/COC(CCc1ccc(-c2ccc(Cl)cc2)cc1)C(=O)O. The highest BCUT2D eigenvalue weighted by molar-refractivity contribution is 6.30. The van der Waals surface area contributed by atoms with E-state index in [1.54, 1.807) is 25.2 Å². The second kappa shape index (κ2) is 11.2. The monoisotopic (exact) mass is 398 g/mol. The minimum Gasteiger partial charge on any atom is -0.479 e. The van der Waals surface area contributed by atoms with Gasteiger partial charge in [-0.1, -0.05) is 66.2 Å². The lowest BCUT2D eigenvalue weighted by atomic mass is 10.0. The first-order valence-corrected chi connectivity index (χ1v) is 9.38. The fraction of sp³-hybridized carbons (Fsp3) is 0.217. The molecular formula is C23H23ClO4. The van der Waals surface area contributed by atoms with Gasteiger partial charge in [-0.15, -0.1) is 0 Å². The first-order chi connectivity index (χ1) is 13.5. The van der Waals surface area contributed by atoms with E-state index in [1.807, 2.05) is 48.5 Å². The van der Waals surface area contributed by atoms with Gasteiger partial charge in [0.1, 0.15) is 6.29 Å². The molecule has 146 valence electrons. The highest BCUT2D eigenvalue weighted by Gasteiger charge is 2.17. The average molecular weight is 399 g/mol. The molecule has 0 saturated heterocycles. The number of carbonyl (C=O) groups excluding carboxylic acids is 1. The van der Waals surface area contributed by atoms with E-state index < -0.39 is 12.1 Å². The maximum atomic E-state index is 11.4. The number of allylic oxidation sites excluding steroid dienone is 3. The van der Waals surface area contributed by atoms with Gasteiger partial charge >= 0.3 is 5.97 Å². The molecule has 0 radical (unpaired) electrons. The number of benzene rings is 2. The number of halogens is 1. The molecule has 0 bridgehead atoms. The Labute approximate surface area is 170 Å². The van der Waals surface area contributed by atoms with Crippen molar-refractivity contribution in [2.75, 3.05) is 6.61 Å². The van der Waals surface area contributed by atoms with Crippen LogP contribution in [0.15, 0.2) is 72.3 Å². The lowest BCUT2D eigenvalue weighted by molar-refractivity contribution is -0.149. The Morgan fingerprint density at radius 3 is 2.25 bits per heavy atom. The van der Waals surface area contributed by atoms with Crippen molar-refractivity contribution in [3.05, 3.63) is 82.9 Å². The summed E-state index contributed by atoms with van der Waals surface area (Å²) >= 11 is 5.91. The number of ether oxygens (including phenoxy) is 1. The number of rotatable bonds is 10. The second-order valence-corrected chi connectivity index (χ2v) is 6.65. The van der Waals surface area contributed by atoms with E-state index in [-0.39, 0.29) is 6.61 Å². The van der Waals surface area contributed by atoms with Gasteiger partial charge in [0.05, 0.1) is 6.61 Å². The number of carboxylic acids is 1. The van der Waals surface area contributed by atoms with Gasteiger partial charge in [-0.2, -0.15) is 0 Å². The Kier molecular flexibility index (Phi) is 8.66. The van der Waals surface area contributed by atoms with Crippen LogP contribution in [0.1, 0.15) is 18.9 Å². The number of aldehydes is 1. The fourth-order valence-electron chi connectivity index (χ4n) is 2.64. The Bertz CT molecular complexity index is 836. The van der Waals surface area contributed by atoms with E-state index in [2.05, 4.69) is 0 Å². The molecule has 5 heteroatoms. The van der Waals surface area contributed by atoms with Gasteiger partial charge in [-0.3, -0.25) is 4.79 Å². The van der Waals surface area contributed by atoms with Crippen molar-refractivity contribution < 1.29 is 19.4 Å². The smallest absolute Gasteiger partial charge is 0.332 e. The number of aryl methyl sites for hydroxylation is 1. The predicted molar refractivity (Wildman–Crippen MR) is 112 cm³/mol. The highest BCUT2D eigenvalue weighted by atomic mass is 35.5. The van der Waals surface area contributed by atoms with Crippen molar-refractivity contribution in [1.82, 2.24) is 0 Å². The van der Waals surface area contributed by atoms with Gasteiger partial charge < -0.3 is 9.84 Å². The zero-order chi connectivity index (χ0) is 20.4. The Balaban J connectivity index is 1.89. The number of hydrogen-bond donors (Lipinski definition) is 1. The number of hydrogen-bond acceptors (Lipinski definition) is 3. The summed E-state index contributed by atoms with van der Waals surface area (Å²) in [5, 5.41) is 10.0. The summed E-state index contributed by atoms with van der Waals surface area (Å²) in [5.41, 5.74) is 3.72. The third kappa shape index (κ3) is 6.80. The third-order valence-electron chi connectivity index (χ3n) is 4.28. The molecule has 2 aromatic carbocycles. The molecular weight excluding hydrogens is 376 g/mol. The van der Waals surface area contributed by atoms with E-state index in [4.69, 9.17) is 16.3 Å². The molecule has 0 saturated carbocycles. The number of carboxylic acid groups (broad SMARTS) is 1. The lowest BCUT2D eigenvalue weighted by Gasteiger charge is -2.12. The molecule has 2 aromatic rings. The summed E-state index contributed by atoms with van der Waals surface area (Å²) in [5.74, 6) is -0.993. The molecule has 2 rings (SSSR count). The maximum absolute atomic E-state index is 11.4. The first kappa shape index (κ1) is 21.6. The standard InChI is InChI=1S/C23H23ClO4/c1-2-17(16-25)4-3-15-28-22(23(26)27)14-7-18-5-8-19(9-6-18)20-10-12-21(24)13-11-20/h2-6,8-13,16,22H,7,14-15H2,1H3,(H,26,27)/b4-3-,17-2+. The van der Waals surface area contributed by atoms with Crippen molar-refractivity contribution in [3.8, 4) is 11.1 Å². The molecule has 0 heterocycles. The minimum absolute atomic E-state index is 0.137. The van der Waals surface area contributed by atoms with Crippen molar-refractivity contribution in [2.45, 2.75) is 25.9 Å². The molecule has 1 N–H and O–H groups in total. The topological polar surface area (TPSA) is 63.6 Å². The van der Waals surface area contributed by atoms with E-state index in [0.717, 1.165) is 23.0 Å². The molecule has 0 fully saturated rings. The van der Waals surface area contributed by atoms with Crippen LogP contribution in [0.5, 0.6) is 0 Å². The summed E-state index contributed by atoms with van der Waals surface area (Å²) in [6.45, 7) is 1.89. The molecule has 4 nitrogen and oxygen atoms in total. The lowest BCUT2D eigenvalue weighted by Crippen LogP contribution is -2.24. The van der Waals surface area contributed by atoms with Crippen LogP contribution in [0.25, 0.3) is 11.1 Å². The normalized spacial score (nSPS) is 12.9. The van der Waals surface area contributed by atoms with Gasteiger partial charge in [-0.05, 0) is 48.6 Å². The molecule has 0 aliphatic rings. The van der Waals surface area contributed by atoms with Crippen LogP contribution in [0.2, 0.25) is 5.02 Å². The quantitative estimate of drug-likeness (QED) is 0.343. The van der Waals surface area contributed by atoms with E-state index in [1.165, 1.54) is 0 Å². The van der Waals surface area contributed by atoms with Crippen LogP contribution < -0.4 is 0 Å². The summed E-state index contributed by atoms with van der Waals surface area (Å²) in [7, 11) is 0. The van der Waals surface area contributed by atoms with Crippen LogP contribution in [0.4, 0.5) is 0 Å². The highest BCUT2D eigenvalue weighted by Crippen LogP contribution is 2.22. The number of carbonyl (C=O) groups is 2. The van der Waals surface area contributed by atoms with Gasteiger partial charge in [0, 0.05) is 10.6 Å². The van der Waals surface area contributed by atoms with Crippen LogP contribution in [0.3, 0.4) is 0 Å². The van der Waals surface area contributed by atoms with E-state index in [9.17, 15) is 14.7 Å². The first-order valence-electron chi connectivity index (χ1n) is 9.00. The van der Waals surface area contributed by atoms with Crippen molar-refractivity contribution in [2.24, 2.45) is 0 Å². The molecule has 0 aromatic heterocycles. The largest absolute Gasteiger partial charge is 0.479 e. The van der Waals surface area contributed by atoms with Crippen LogP contribution >= 0.6 is 11.6 Å². The third-order valence-corrected chi connectivity index (χ3v) is 4.53. The molecule has 0 amide bonds. The fourth-order valence-corrected chi connectivity index (χ4v) is 2.77. The van der Waals surface area contributed by atoms with Crippen molar-refractivity contribution in [3.63, 3.8) is 0 Å². The molecule has 0 aliphatic heterocycles. The van der Waals surface area contributed by atoms with E-state index in [0.29, 0.717) is 23.4 Å². The number of aliphatic carboxylic acids is 1. The Hall–Kier alpha value is -2.69. The van der Waals surface area contributed by atoms with Crippen LogP contribution in [-0.4, -0.2) is 30.1 Å². The van der Waals surface area contributed by atoms with Gasteiger partial charge in [0.15, 0.2) is 6.10 Å². The summed E-state index contributed by atoms with van der Waals surface area (Å²) in [6.07, 6.45) is 5.72. The van der Waals surface area contributed by atoms with Gasteiger partial charge in [0.25, 0.3) is 0 Å². The predicted octanol–water partition coefficient (Wildman–Crippen LogP) is 5.11. The molecule has 1 atom stereocenters. The summed E-state index contributed by atoms with van der Waals surface area (Å²) in [6, 6.07) is 15.6. The Morgan fingerprint density at radius 1 is 1.11 bits per heavy atom. The maximum Gasteiger partial charge on any atom is 0.332 e. The van der Waals surface area contributed by atoms with Crippen molar-refractivity contribution in [1.29, 1.82) is 0 Å². The van der Waals surface area contributed by atoms with Crippen LogP contribution in [-0.2, 0) is 20.7 Å². The summed E-state index contributed by atoms with van der Waals surface area (Å²) < 4.78 is 5.43. The van der Waals surface area contributed by atoms with E-state index >= 15 is 0 Å². The second-order valence-electron chi connectivity index (χ2n) is 6.21. The average Bonchev–Trinajstić information content (AvgIpc) is 2.71. The minimum atomic E-state index is -0.993. The van der Waals surface area contributed by atoms with Crippen molar-refractivity contribution >= 4 is 23.9 Å². The molecule has 28 heavy (non-hydrogen) atoms. The van der Waals surface area contributed by atoms with Gasteiger partial charge in [0.2, 0.25) is 0 Å². The zero-order valence-electron chi connectivity index (χ0n) is 15.7. The molecule has 0 spiro atoms.